The molecule has 2 saturated heterocycles. The summed E-state index contributed by atoms with van der Waals surface area (Å²) in [6.45, 7) is 5.17. The topological polar surface area (TPSA) is 62.4 Å². The largest absolute Gasteiger partial charge is 0.384 e. The summed E-state index contributed by atoms with van der Waals surface area (Å²) in [5.74, 6) is 0.370. The zero-order chi connectivity index (χ0) is 12.1. The number of hydrogen-bond donors (Lipinski definition) is 3. The van der Waals surface area contributed by atoms with Gasteiger partial charge in [0, 0.05) is 32.2 Å². The number of amides is 1. The molecule has 1 amide bonds. The van der Waals surface area contributed by atoms with Crippen molar-refractivity contribution in [3.63, 3.8) is 0 Å². The molecule has 0 atom stereocenters. The van der Waals surface area contributed by atoms with Crippen molar-refractivity contribution in [2.24, 2.45) is 11.3 Å². The van der Waals surface area contributed by atoms with Gasteiger partial charge in [-0.15, -0.1) is 24.8 Å². The highest BCUT2D eigenvalue weighted by molar-refractivity contribution is 5.85. The molecule has 7 heteroatoms. The van der Waals surface area contributed by atoms with Crippen LogP contribution in [-0.2, 0) is 9.53 Å². The molecule has 5 nitrogen and oxygen atoms in total. The number of halogens is 2. The molecular weight excluding hydrogens is 289 g/mol. The van der Waals surface area contributed by atoms with E-state index in [2.05, 4.69) is 16.0 Å². The minimum Gasteiger partial charge on any atom is -0.384 e. The van der Waals surface area contributed by atoms with E-state index in [0.29, 0.717) is 0 Å². The normalized spacial score (nSPS) is 21.5. The fraction of sp³-hybridized carbons (Fsp3) is 0.917. The van der Waals surface area contributed by atoms with E-state index in [4.69, 9.17) is 4.74 Å². The maximum Gasteiger partial charge on any atom is 0.225 e. The van der Waals surface area contributed by atoms with Crippen LogP contribution in [0.1, 0.15) is 12.8 Å². The summed E-state index contributed by atoms with van der Waals surface area (Å²) in [5.41, 5.74) is 0.132. The summed E-state index contributed by atoms with van der Waals surface area (Å²) in [6, 6.07) is 0. The first-order valence-corrected chi connectivity index (χ1v) is 6.44. The molecule has 2 aliphatic rings. The summed E-state index contributed by atoms with van der Waals surface area (Å²) >= 11 is 0. The summed E-state index contributed by atoms with van der Waals surface area (Å²) in [5, 5.41) is 9.56. The summed E-state index contributed by atoms with van der Waals surface area (Å²) < 4.78 is 5.33. The predicted molar refractivity (Wildman–Crippen MR) is 80.3 cm³/mol. The SMILES string of the molecule is COCC1(CNC(=O)C2CNC2)CCNCC1.Cl.Cl. The lowest BCUT2D eigenvalue weighted by Gasteiger charge is -2.38. The molecule has 0 aromatic heterocycles. The van der Waals surface area contributed by atoms with Gasteiger partial charge in [0.15, 0.2) is 0 Å². The second kappa shape index (κ2) is 8.97. The molecule has 0 bridgehead atoms. The predicted octanol–water partition coefficient (Wildman–Crippen LogP) is 0.182. The van der Waals surface area contributed by atoms with E-state index in [1.807, 2.05) is 0 Å². The van der Waals surface area contributed by atoms with Crippen molar-refractivity contribution in [3.8, 4) is 0 Å². The summed E-state index contributed by atoms with van der Waals surface area (Å²) in [6.07, 6.45) is 2.15. The van der Waals surface area contributed by atoms with E-state index in [-0.39, 0.29) is 42.1 Å². The Kier molecular flexibility index (Phi) is 8.94. The molecule has 114 valence electrons. The fourth-order valence-corrected chi connectivity index (χ4v) is 2.53. The molecule has 0 aromatic carbocycles. The highest BCUT2D eigenvalue weighted by atomic mass is 35.5. The smallest absolute Gasteiger partial charge is 0.225 e. The van der Waals surface area contributed by atoms with Crippen LogP contribution >= 0.6 is 24.8 Å². The highest BCUT2D eigenvalue weighted by Gasteiger charge is 2.34. The molecule has 2 rings (SSSR count). The van der Waals surface area contributed by atoms with Crippen LogP contribution in [-0.4, -0.2) is 52.3 Å². The summed E-state index contributed by atoms with van der Waals surface area (Å²) in [4.78, 5) is 11.8. The Morgan fingerprint density at radius 1 is 1.26 bits per heavy atom. The van der Waals surface area contributed by atoms with Crippen LogP contribution in [0.3, 0.4) is 0 Å². The second-order valence-corrected chi connectivity index (χ2v) is 5.26. The Hall–Kier alpha value is -0.0700. The molecular formula is C12H25Cl2N3O2. The van der Waals surface area contributed by atoms with E-state index >= 15 is 0 Å². The molecule has 3 N–H and O–H groups in total. The van der Waals surface area contributed by atoms with Crippen LogP contribution in [0, 0.1) is 11.3 Å². The van der Waals surface area contributed by atoms with Crippen molar-refractivity contribution in [2.45, 2.75) is 12.8 Å². The van der Waals surface area contributed by atoms with E-state index in [9.17, 15) is 4.79 Å². The molecule has 19 heavy (non-hydrogen) atoms. The van der Waals surface area contributed by atoms with E-state index in [0.717, 1.165) is 52.2 Å². The van der Waals surface area contributed by atoms with Gasteiger partial charge in [0.25, 0.3) is 0 Å². The zero-order valence-electron chi connectivity index (χ0n) is 11.4. The van der Waals surface area contributed by atoms with E-state index < -0.39 is 0 Å². The van der Waals surface area contributed by atoms with Gasteiger partial charge in [-0.3, -0.25) is 4.79 Å². The Balaban J connectivity index is 0.00000162. The van der Waals surface area contributed by atoms with Crippen LogP contribution in [0.2, 0.25) is 0 Å². The maximum atomic E-state index is 11.8. The molecule has 0 spiro atoms. The van der Waals surface area contributed by atoms with Gasteiger partial charge >= 0.3 is 0 Å². The van der Waals surface area contributed by atoms with Gasteiger partial charge in [-0.05, 0) is 25.9 Å². The summed E-state index contributed by atoms with van der Waals surface area (Å²) in [7, 11) is 1.74. The first kappa shape index (κ1) is 18.9. The quantitative estimate of drug-likeness (QED) is 0.678. The van der Waals surface area contributed by atoms with Gasteiger partial charge in [-0.1, -0.05) is 0 Å². The monoisotopic (exact) mass is 313 g/mol. The molecule has 0 aliphatic carbocycles. The fourth-order valence-electron chi connectivity index (χ4n) is 2.53. The number of ether oxygens (including phenoxy) is 1. The van der Waals surface area contributed by atoms with Crippen molar-refractivity contribution in [3.05, 3.63) is 0 Å². The van der Waals surface area contributed by atoms with Gasteiger partial charge < -0.3 is 20.7 Å². The first-order valence-electron chi connectivity index (χ1n) is 6.44. The molecule has 0 radical (unpaired) electrons. The van der Waals surface area contributed by atoms with Gasteiger partial charge in [-0.25, -0.2) is 0 Å². The van der Waals surface area contributed by atoms with Crippen molar-refractivity contribution in [1.82, 2.24) is 16.0 Å². The highest BCUT2D eigenvalue weighted by Crippen LogP contribution is 2.28. The number of carbonyl (C=O) groups is 1. The molecule has 2 fully saturated rings. The second-order valence-electron chi connectivity index (χ2n) is 5.26. The average molecular weight is 314 g/mol. The van der Waals surface area contributed by atoms with E-state index in [1.54, 1.807) is 7.11 Å². The van der Waals surface area contributed by atoms with Crippen LogP contribution in [0.4, 0.5) is 0 Å². The van der Waals surface area contributed by atoms with Crippen LogP contribution in [0.25, 0.3) is 0 Å². The van der Waals surface area contributed by atoms with Gasteiger partial charge in [0.1, 0.15) is 0 Å². The first-order chi connectivity index (χ1) is 8.26. The molecule has 2 aliphatic heterocycles. The number of carbonyl (C=O) groups excluding carboxylic acids is 1. The number of piperidine rings is 1. The molecule has 0 unspecified atom stereocenters. The van der Waals surface area contributed by atoms with Gasteiger partial charge in [0.05, 0.1) is 12.5 Å². The van der Waals surface area contributed by atoms with Crippen LogP contribution in [0.15, 0.2) is 0 Å². The third-order valence-corrected chi connectivity index (χ3v) is 3.90. The number of rotatable bonds is 5. The minimum atomic E-state index is 0. The van der Waals surface area contributed by atoms with Crippen molar-refractivity contribution in [1.29, 1.82) is 0 Å². The lowest BCUT2D eigenvalue weighted by atomic mass is 9.79. The average Bonchev–Trinajstić information content (AvgIpc) is 2.26. The Morgan fingerprint density at radius 2 is 1.89 bits per heavy atom. The standard InChI is InChI=1S/C12H23N3O2.2ClH/c1-17-9-12(2-4-13-5-3-12)8-15-11(16)10-6-14-7-10;;/h10,13-14H,2-9H2,1H3,(H,15,16);2*1H. The Morgan fingerprint density at radius 3 is 2.37 bits per heavy atom. The lowest BCUT2D eigenvalue weighted by Crippen LogP contribution is -2.54. The van der Waals surface area contributed by atoms with Crippen molar-refractivity contribution < 1.29 is 9.53 Å². The van der Waals surface area contributed by atoms with Gasteiger partial charge in [-0.2, -0.15) is 0 Å². The number of methoxy groups -OCH3 is 1. The molecule has 0 aromatic rings. The van der Waals surface area contributed by atoms with Gasteiger partial charge in [0.2, 0.25) is 5.91 Å². The van der Waals surface area contributed by atoms with Crippen molar-refractivity contribution in [2.75, 3.05) is 46.4 Å². The number of hydrogen-bond acceptors (Lipinski definition) is 4. The van der Waals surface area contributed by atoms with E-state index in [1.165, 1.54) is 0 Å². The minimum absolute atomic E-state index is 0. The molecule has 0 saturated carbocycles. The van der Waals surface area contributed by atoms with Crippen LogP contribution in [0.5, 0.6) is 0 Å². The maximum absolute atomic E-state index is 11.8. The Bertz CT molecular complexity index is 264. The molecule has 2 heterocycles. The Labute approximate surface area is 127 Å². The zero-order valence-corrected chi connectivity index (χ0v) is 13.0. The third kappa shape index (κ3) is 5.08. The lowest BCUT2D eigenvalue weighted by molar-refractivity contribution is -0.127. The number of nitrogens with one attached hydrogen (secondary N) is 3. The van der Waals surface area contributed by atoms with Crippen LogP contribution < -0.4 is 16.0 Å². The third-order valence-electron chi connectivity index (χ3n) is 3.90. The van der Waals surface area contributed by atoms with Crippen molar-refractivity contribution >= 4 is 30.7 Å².